The van der Waals surface area contributed by atoms with Gasteiger partial charge in [0.15, 0.2) is 0 Å². The summed E-state index contributed by atoms with van der Waals surface area (Å²) in [7, 11) is 2.23. The number of nitrogens with zero attached hydrogens (tertiary/aromatic N) is 3. The lowest BCUT2D eigenvalue weighted by Gasteiger charge is -2.48. The van der Waals surface area contributed by atoms with Crippen LogP contribution >= 0.6 is 0 Å². The Balaban J connectivity index is 2.00. The van der Waals surface area contributed by atoms with E-state index in [4.69, 9.17) is 5.73 Å². The van der Waals surface area contributed by atoms with Crippen LogP contribution < -0.4 is 5.73 Å². The molecule has 2 saturated heterocycles. The first-order valence-electron chi connectivity index (χ1n) is 7.69. The maximum atomic E-state index is 6.16. The minimum absolute atomic E-state index is 0.220. The minimum atomic E-state index is 0.220. The number of hydrogen-bond acceptors (Lipinski definition) is 4. The normalized spacial score (nSPS) is 36.0. The highest BCUT2D eigenvalue weighted by Crippen LogP contribution is 2.32. The molecule has 0 bridgehead atoms. The highest BCUT2D eigenvalue weighted by atomic mass is 15.4. The number of hydrogen-bond donors (Lipinski definition) is 1. The van der Waals surface area contributed by atoms with Crippen LogP contribution in [-0.2, 0) is 0 Å². The van der Waals surface area contributed by atoms with Gasteiger partial charge in [0.25, 0.3) is 0 Å². The summed E-state index contributed by atoms with van der Waals surface area (Å²) in [4.78, 5) is 7.72. The van der Waals surface area contributed by atoms with Gasteiger partial charge in [-0.3, -0.25) is 9.80 Å². The van der Waals surface area contributed by atoms with Crippen LogP contribution in [0.15, 0.2) is 0 Å². The Morgan fingerprint density at radius 1 is 1.16 bits per heavy atom. The average Bonchev–Trinajstić information content (AvgIpc) is 2.65. The van der Waals surface area contributed by atoms with E-state index in [1.165, 1.54) is 19.5 Å². The van der Waals surface area contributed by atoms with Gasteiger partial charge in [0.1, 0.15) is 0 Å². The first-order valence-corrected chi connectivity index (χ1v) is 7.69. The second kappa shape index (κ2) is 5.32. The van der Waals surface area contributed by atoms with Crippen LogP contribution in [0.4, 0.5) is 0 Å². The van der Waals surface area contributed by atoms with Crippen molar-refractivity contribution in [2.24, 2.45) is 5.73 Å². The van der Waals surface area contributed by atoms with Crippen molar-refractivity contribution in [1.29, 1.82) is 0 Å². The second-order valence-corrected chi connectivity index (χ2v) is 7.54. The number of rotatable bonds is 2. The molecule has 0 aromatic rings. The van der Waals surface area contributed by atoms with Crippen LogP contribution in [0.5, 0.6) is 0 Å². The van der Waals surface area contributed by atoms with Gasteiger partial charge < -0.3 is 10.6 Å². The summed E-state index contributed by atoms with van der Waals surface area (Å²) < 4.78 is 0. The molecule has 2 aliphatic heterocycles. The molecule has 2 heterocycles. The summed E-state index contributed by atoms with van der Waals surface area (Å²) in [6, 6.07) is 0.657. The zero-order valence-electron chi connectivity index (χ0n) is 13.4. The van der Waals surface area contributed by atoms with Gasteiger partial charge in [0, 0.05) is 56.4 Å². The molecule has 2 rings (SSSR count). The summed E-state index contributed by atoms with van der Waals surface area (Å²) >= 11 is 0. The van der Waals surface area contributed by atoms with Crippen LogP contribution in [-0.4, -0.2) is 78.1 Å². The van der Waals surface area contributed by atoms with Gasteiger partial charge in [-0.25, -0.2) is 0 Å². The quantitative estimate of drug-likeness (QED) is 0.804. The van der Waals surface area contributed by atoms with Gasteiger partial charge in [-0.05, 0) is 41.2 Å². The fraction of sp³-hybridized carbons (Fsp3) is 1.00. The topological polar surface area (TPSA) is 35.7 Å². The lowest BCUT2D eigenvalue weighted by atomic mass is 9.92. The van der Waals surface area contributed by atoms with Crippen molar-refractivity contribution in [3.63, 3.8) is 0 Å². The summed E-state index contributed by atoms with van der Waals surface area (Å²) in [6.45, 7) is 15.8. The molecule has 4 heteroatoms. The Labute approximate surface area is 118 Å². The standard InChI is InChI=1S/C15H32N4/c1-13-10-15(11-16,12-17(13)5)19-8-6-18(7-9-19)14(2,3)4/h13H,6-12,16H2,1-5H3. The van der Waals surface area contributed by atoms with Crippen molar-refractivity contribution in [3.8, 4) is 0 Å². The van der Waals surface area contributed by atoms with E-state index in [1.54, 1.807) is 0 Å². The van der Waals surface area contributed by atoms with E-state index in [2.05, 4.69) is 49.4 Å². The number of likely N-dealkylation sites (tertiary alicyclic amines) is 1. The van der Waals surface area contributed by atoms with Gasteiger partial charge in [0.05, 0.1) is 0 Å². The van der Waals surface area contributed by atoms with Gasteiger partial charge >= 0.3 is 0 Å². The molecule has 4 nitrogen and oxygen atoms in total. The molecule has 0 amide bonds. The zero-order chi connectivity index (χ0) is 14.3. The highest BCUT2D eigenvalue weighted by molar-refractivity contribution is 5.03. The van der Waals surface area contributed by atoms with Gasteiger partial charge in [0.2, 0.25) is 0 Å². The first kappa shape index (κ1) is 15.2. The summed E-state index contributed by atoms with van der Waals surface area (Å²) in [5.74, 6) is 0. The largest absolute Gasteiger partial charge is 0.329 e. The molecule has 0 saturated carbocycles. The molecule has 2 unspecified atom stereocenters. The van der Waals surface area contributed by atoms with E-state index < -0.39 is 0 Å². The maximum Gasteiger partial charge on any atom is 0.0474 e. The van der Waals surface area contributed by atoms with E-state index in [9.17, 15) is 0 Å². The Morgan fingerprint density at radius 3 is 2.11 bits per heavy atom. The summed E-state index contributed by atoms with van der Waals surface area (Å²) in [5, 5.41) is 0. The minimum Gasteiger partial charge on any atom is -0.329 e. The van der Waals surface area contributed by atoms with E-state index in [0.717, 1.165) is 26.2 Å². The molecular weight excluding hydrogens is 236 g/mol. The van der Waals surface area contributed by atoms with Crippen molar-refractivity contribution in [1.82, 2.24) is 14.7 Å². The molecule has 0 aliphatic carbocycles. The van der Waals surface area contributed by atoms with E-state index >= 15 is 0 Å². The van der Waals surface area contributed by atoms with E-state index in [0.29, 0.717) is 11.6 Å². The molecule has 2 atom stereocenters. The predicted molar refractivity (Wildman–Crippen MR) is 81.4 cm³/mol. The van der Waals surface area contributed by atoms with Crippen molar-refractivity contribution in [3.05, 3.63) is 0 Å². The number of nitrogens with two attached hydrogens (primary N) is 1. The highest BCUT2D eigenvalue weighted by Gasteiger charge is 2.45. The van der Waals surface area contributed by atoms with Crippen LogP contribution in [0.1, 0.15) is 34.1 Å². The van der Waals surface area contributed by atoms with Crippen LogP contribution in [0.2, 0.25) is 0 Å². The van der Waals surface area contributed by atoms with Crippen LogP contribution in [0.25, 0.3) is 0 Å². The molecule has 0 aromatic carbocycles. The SMILES string of the molecule is CC1CC(CN)(N2CCN(C(C)(C)C)CC2)CN1C. The molecule has 2 aliphatic rings. The third kappa shape index (κ3) is 2.97. The van der Waals surface area contributed by atoms with Gasteiger partial charge in [-0.15, -0.1) is 0 Å². The fourth-order valence-corrected chi connectivity index (χ4v) is 3.75. The van der Waals surface area contributed by atoms with Crippen molar-refractivity contribution in [2.45, 2.75) is 51.2 Å². The Morgan fingerprint density at radius 2 is 1.74 bits per heavy atom. The Bertz CT molecular complexity index is 292. The molecular formula is C15H32N4. The lowest BCUT2D eigenvalue weighted by Crippen LogP contribution is -2.63. The molecule has 2 fully saturated rings. The Hall–Kier alpha value is -0.160. The monoisotopic (exact) mass is 268 g/mol. The molecule has 19 heavy (non-hydrogen) atoms. The van der Waals surface area contributed by atoms with Gasteiger partial charge in [-0.2, -0.15) is 0 Å². The Kier molecular flexibility index (Phi) is 4.26. The molecule has 0 radical (unpaired) electrons. The van der Waals surface area contributed by atoms with Crippen LogP contribution in [0.3, 0.4) is 0 Å². The predicted octanol–water partition coefficient (Wildman–Crippen LogP) is 0.824. The average molecular weight is 268 g/mol. The smallest absolute Gasteiger partial charge is 0.0474 e. The summed E-state index contributed by atoms with van der Waals surface area (Å²) in [5.41, 5.74) is 6.68. The first-order chi connectivity index (χ1) is 8.78. The molecule has 112 valence electrons. The maximum absolute atomic E-state index is 6.16. The third-order valence-corrected chi connectivity index (χ3v) is 5.25. The van der Waals surface area contributed by atoms with Crippen molar-refractivity contribution < 1.29 is 0 Å². The van der Waals surface area contributed by atoms with Crippen LogP contribution in [0, 0.1) is 0 Å². The third-order valence-electron chi connectivity index (χ3n) is 5.25. The molecule has 0 aromatic heterocycles. The zero-order valence-corrected chi connectivity index (χ0v) is 13.4. The van der Waals surface area contributed by atoms with Gasteiger partial charge in [-0.1, -0.05) is 0 Å². The van der Waals surface area contributed by atoms with Crippen molar-refractivity contribution in [2.75, 3.05) is 46.3 Å². The molecule has 2 N–H and O–H groups in total. The second-order valence-electron chi connectivity index (χ2n) is 7.54. The van der Waals surface area contributed by atoms with E-state index in [1.807, 2.05) is 0 Å². The number of likely N-dealkylation sites (N-methyl/N-ethyl adjacent to an activating group) is 1. The lowest BCUT2D eigenvalue weighted by molar-refractivity contribution is 0.00813. The molecule has 0 spiro atoms. The van der Waals surface area contributed by atoms with E-state index in [-0.39, 0.29) is 5.54 Å². The number of piperazine rings is 1. The van der Waals surface area contributed by atoms with Crippen molar-refractivity contribution >= 4 is 0 Å². The fourth-order valence-electron chi connectivity index (χ4n) is 3.75. The summed E-state index contributed by atoms with van der Waals surface area (Å²) in [6.07, 6.45) is 1.22.